The van der Waals surface area contributed by atoms with Crippen LogP contribution in [0, 0.1) is 20.2 Å². The molecular formula is C39H47Cl2N9O8. The molecule has 2 N–H and O–H groups in total. The summed E-state index contributed by atoms with van der Waals surface area (Å²) in [4.78, 5) is 26.9. The van der Waals surface area contributed by atoms with Gasteiger partial charge in [0.2, 0.25) is 0 Å². The van der Waals surface area contributed by atoms with Gasteiger partial charge in [-0.1, -0.05) is 23.2 Å². The molecule has 0 aromatic heterocycles. The number of aliphatic hydroxyl groups is 2. The highest BCUT2D eigenvalue weighted by atomic mass is 35.5. The first-order valence-electron chi connectivity index (χ1n) is 18.5. The Balaban J connectivity index is 1.10. The molecule has 4 rings (SSSR count). The number of hydrogen-bond donors (Lipinski definition) is 2. The zero-order chi connectivity index (χ0) is 42.0. The second kappa shape index (κ2) is 23.3. The summed E-state index contributed by atoms with van der Waals surface area (Å²) in [7, 11) is 1.82. The second-order valence-corrected chi connectivity index (χ2v) is 13.9. The summed E-state index contributed by atoms with van der Waals surface area (Å²) in [5.41, 5.74) is 3.52. The van der Waals surface area contributed by atoms with Gasteiger partial charge in [0.05, 0.1) is 69.9 Å². The maximum absolute atomic E-state index is 10.9. The Morgan fingerprint density at radius 1 is 0.638 bits per heavy atom. The number of nitro groups is 2. The number of ether oxygens (including phenoxy) is 2. The minimum atomic E-state index is -0.742. The molecule has 0 aliphatic carbocycles. The summed E-state index contributed by atoms with van der Waals surface area (Å²) in [6.45, 7) is 8.44. The minimum absolute atomic E-state index is 0.120. The van der Waals surface area contributed by atoms with Crippen LogP contribution < -0.4 is 9.80 Å². The van der Waals surface area contributed by atoms with Crippen molar-refractivity contribution < 1.29 is 29.5 Å². The van der Waals surface area contributed by atoms with Crippen LogP contribution in [0.25, 0.3) is 0 Å². The van der Waals surface area contributed by atoms with E-state index < -0.39 is 22.1 Å². The van der Waals surface area contributed by atoms with E-state index in [1.807, 2.05) is 74.3 Å². The molecule has 0 bridgehead atoms. The number of nitro benzene ring substituents is 2. The van der Waals surface area contributed by atoms with E-state index in [1.54, 1.807) is 0 Å². The van der Waals surface area contributed by atoms with Crippen molar-refractivity contribution in [3.8, 4) is 0 Å². The fourth-order valence-electron chi connectivity index (χ4n) is 5.69. The fourth-order valence-corrected chi connectivity index (χ4v) is 6.12. The van der Waals surface area contributed by atoms with Gasteiger partial charge in [0, 0.05) is 74.9 Å². The molecule has 17 nitrogen and oxygen atoms in total. The number of rotatable bonds is 24. The predicted octanol–water partition coefficient (Wildman–Crippen LogP) is 8.68. The third kappa shape index (κ3) is 14.7. The van der Waals surface area contributed by atoms with Crippen LogP contribution in [0.15, 0.2) is 105 Å². The molecule has 0 spiro atoms. The van der Waals surface area contributed by atoms with E-state index in [2.05, 4.69) is 30.3 Å². The minimum Gasteiger partial charge on any atom is -0.389 e. The molecule has 2 unspecified atom stereocenters. The van der Waals surface area contributed by atoms with Crippen LogP contribution in [-0.2, 0) is 9.47 Å². The number of benzene rings is 4. The van der Waals surface area contributed by atoms with Crippen LogP contribution >= 0.6 is 23.2 Å². The van der Waals surface area contributed by atoms with Gasteiger partial charge in [-0.3, -0.25) is 20.2 Å². The average Bonchev–Trinajstić information content (AvgIpc) is 3.20. The van der Waals surface area contributed by atoms with E-state index in [0.29, 0.717) is 62.1 Å². The zero-order valence-corrected chi connectivity index (χ0v) is 33.9. The topological polar surface area (TPSA) is 204 Å². The maximum atomic E-state index is 10.9. The molecule has 19 heteroatoms. The molecule has 310 valence electrons. The number of halogens is 2. The quantitative estimate of drug-likeness (QED) is 0.0296. The predicted molar refractivity (Wildman–Crippen MR) is 224 cm³/mol. The van der Waals surface area contributed by atoms with Crippen LogP contribution in [0.5, 0.6) is 0 Å². The van der Waals surface area contributed by atoms with Crippen molar-refractivity contribution in [2.45, 2.75) is 26.1 Å². The standard InChI is InChI=1S/C39H47Cl2N9O8/c1-4-47(30-10-6-28(7-11-30)42-44-38-16-14-32(49(53)54)22-36(38)40)18-20-57-26-34(51)24-46(3)25-35(52)27-58-21-19-48(5-2)31-12-8-29(9-13-31)43-45-39-17-15-33(50(55)56)23-37(39)41/h6-17,22-23,34-35,51-52H,4-5,18-21,24-27H2,1-3H3. The van der Waals surface area contributed by atoms with Crippen LogP contribution in [0.2, 0.25) is 10.0 Å². The smallest absolute Gasteiger partial charge is 0.271 e. The molecule has 0 amide bonds. The Bertz CT molecular complexity index is 1850. The number of anilines is 2. The number of nitrogens with zero attached hydrogens (tertiary/aromatic N) is 9. The first-order valence-corrected chi connectivity index (χ1v) is 19.2. The summed E-state index contributed by atoms with van der Waals surface area (Å²) in [6, 6.07) is 22.9. The molecule has 0 aliphatic rings. The average molecular weight is 841 g/mol. The van der Waals surface area contributed by atoms with Crippen LogP contribution in [-0.4, -0.2) is 110 Å². The summed E-state index contributed by atoms with van der Waals surface area (Å²) in [5.74, 6) is 0. The summed E-state index contributed by atoms with van der Waals surface area (Å²) in [5, 5.41) is 59.8. The van der Waals surface area contributed by atoms with Gasteiger partial charge < -0.3 is 34.4 Å². The third-order valence-electron chi connectivity index (χ3n) is 8.70. The second-order valence-electron chi connectivity index (χ2n) is 13.1. The fraction of sp³-hybridized carbons (Fsp3) is 0.385. The van der Waals surface area contributed by atoms with E-state index >= 15 is 0 Å². The van der Waals surface area contributed by atoms with Crippen LogP contribution in [0.3, 0.4) is 0 Å². The molecule has 4 aromatic carbocycles. The first-order chi connectivity index (χ1) is 27.9. The first kappa shape index (κ1) is 45.6. The monoisotopic (exact) mass is 839 g/mol. The lowest BCUT2D eigenvalue weighted by molar-refractivity contribution is -0.385. The van der Waals surface area contributed by atoms with Gasteiger partial charge in [0.15, 0.2) is 0 Å². The largest absolute Gasteiger partial charge is 0.389 e. The SMILES string of the molecule is CCN(CCOCC(O)CN(C)CC(O)COCCN(CC)c1ccc(N=Nc2ccc([N+](=O)[O-])cc2Cl)cc1)c1ccc(N=Nc2ccc([N+](=O)[O-])cc2Cl)cc1. The number of aliphatic hydroxyl groups excluding tert-OH is 2. The summed E-state index contributed by atoms with van der Waals surface area (Å²) in [6.07, 6.45) is -1.48. The number of azo groups is 2. The van der Waals surface area contributed by atoms with Crippen LogP contribution in [0.1, 0.15) is 13.8 Å². The molecule has 2 atom stereocenters. The van der Waals surface area contributed by atoms with Crippen molar-refractivity contribution in [3.63, 3.8) is 0 Å². The van der Waals surface area contributed by atoms with Crippen molar-refractivity contribution >= 4 is 68.7 Å². The van der Waals surface area contributed by atoms with Gasteiger partial charge in [-0.05, 0) is 81.6 Å². The lowest BCUT2D eigenvalue weighted by Gasteiger charge is -2.25. The van der Waals surface area contributed by atoms with Gasteiger partial charge >= 0.3 is 0 Å². The Hall–Kier alpha value is -5.14. The molecule has 0 saturated heterocycles. The van der Waals surface area contributed by atoms with Gasteiger partial charge in [0.1, 0.15) is 11.4 Å². The van der Waals surface area contributed by atoms with Gasteiger partial charge in [-0.2, -0.15) is 10.2 Å². The third-order valence-corrected chi connectivity index (χ3v) is 9.31. The molecule has 0 saturated carbocycles. The summed E-state index contributed by atoms with van der Waals surface area (Å²) < 4.78 is 11.5. The highest BCUT2D eigenvalue weighted by Crippen LogP contribution is 2.32. The number of non-ortho nitro benzene ring substituents is 2. The normalized spacial score (nSPS) is 12.7. The van der Waals surface area contributed by atoms with Gasteiger partial charge in [-0.15, -0.1) is 10.2 Å². The Kier molecular flexibility index (Phi) is 18.3. The van der Waals surface area contributed by atoms with Gasteiger partial charge in [0.25, 0.3) is 11.4 Å². The molecule has 0 radical (unpaired) electrons. The highest BCUT2D eigenvalue weighted by molar-refractivity contribution is 6.33. The molecule has 0 aliphatic heterocycles. The van der Waals surface area contributed by atoms with E-state index in [0.717, 1.165) is 24.5 Å². The molecule has 0 fully saturated rings. The van der Waals surface area contributed by atoms with Crippen molar-refractivity contribution in [2.75, 3.05) is 82.5 Å². The zero-order valence-electron chi connectivity index (χ0n) is 32.4. The number of likely N-dealkylation sites (N-methyl/N-ethyl adjacent to an activating group) is 3. The van der Waals surface area contributed by atoms with Crippen LogP contribution in [0.4, 0.5) is 45.5 Å². The van der Waals surface area contributed by atoms with E-state index in [1.165, 1.54) is 36.4 Å². The van der Waals surface area contributed by atoms with Crippen molar-refractivity contribution in [1.29, 1.82) is 0 Å². The van der Waals surface area contributed by atoms with E-state index in [4.69, 9.17) is 32.7 Å². The van der Waals surface area contributed by atoms with E-state index in [9.17, 15) is 30.4 Å². The Morgan fingerprint density at radius 3 is 1.34 bits per heavy atom. The highest BCUT2D eigenvalue weighted by Gasteiger charge is 2.15. The lowest BCUT2D eigenvalue weighted by Crippen LogP contribution is -2.39. The van der Waals surface area contributed by atoms with Gasteiger partial charge in [-0.25, -0.2) is 0 Å². The van der Waals surface area contributed by atoms with Crippen molar-refractivity contribution in [1.82, 2.24) is 4.90 Å². The molecule has 0 heterocycles. The number of hydrogen-bond acceptors (Lipinski definition) is 15. The Morgan fingerprint density at radius 2 is 1.02 bits per heavy atom. The molecular weight excluding hydrogens is 793 g/mol. The maximum Gasteiger partial charge on any atom is 0.271 e. The summed E-state index contributed by atoms with van der Waals surface area (Å²) >= 11 is 12.2. The lowest BCUT2D eigenvalue weighted by atomic mass is 10.2. The molecule has 58 heavy (non-hydrogen) atoms. The van der Waals surface area contributed by atoms with Crippen molar-refractivity contribution in [2.24, 2.45) is 20.5 Å². The molecule has 4 aromatic rings. The Labute approximate surface area is 346 Å². The van der Waals surface area contributed by atoms with Crippen molar-refractivity contribution in [3.05, 3.63) is 115 Å². The van der Waals surface area contributed by atoms with E-state index in [-0.39, 0.29) is 34.6 Å².